The van der Waals surface area contributed by atoms with Crippen LogP contribution in [0.2, 0.25) is 0 Å². The van der Waals surface area contributed by atoms with Crippen LogP contribution in [-0.4, -0.2) is 10.9 Å². The van der Waals surface area contributed by atoms with Gasteiger partial charge in [-0.3, -0.25) is 4.79 Å². The van der Waals surface area contributed by atoms with Crippen LogP contribution in [0.25, 0.3) is 10.6 Å². The maximum Gasteiger partial charge on any atom is 0.255 e. The summed E-state index contributed by atoms with van der Waals surface area (Å²) in [4.78, 5) is 16.9. The number of halogens is 1. The number of fused-ring (bicyclic) bond motifs is 1. The lowest BCUT2D eigenvalue weighted by atomic mass is 10.1. The number of rotatable bonds is 2. The van der Waals surface area contributed by atoms with Crippen molar-refractivity contribution in [3.63, 3.8) is 0 Å². The van der Waals surface area contributed by atoms with E-state index in [2.05, 4.69) is 36.9 Å². The Balaban J connectivity index is 1.65. The van der Waals surface area contributed by atoms with Crippen molar-refractivity contribution in [2.45, 2.75) is 6.17 Å². The third kappa shape index (κ3) is 2.45. The molecule has 1 amide bonds. The van der Waals surface area contributed by atoms with Crippen molar-refractivity contribution in [2.75, 3.05) is 5.32 Å². The number of anilines is 1. The molecule has 0 bridgehead atoms. The topological polar surface area (TPSA) is 54.0 Å². The van der Waals surface area contributed by atoms with Crippen molar-refractivity contribution in [3.05, 3.63) is 56.1 Å². The summed E-state index contributed by atoms with van der Waals surface area (Å²) in [5.41, 5.74) is 3.40. The van der Waals surface area contributed by atoms with Crippen molar-refractivity contribution in [1.82, 2.24) is 10.3 Å². The summed E-state index contributed by atoms with van der Waals surface area (Å²) < 4.78 is 0.884. The van der Waals surface area contributed by atoms with Crippen molar-refractivity contribution in [2.24, 2.45) is 0 Å². The van der Waals surface area contributed by atoms with Gasteiger partial charge in [0.1, 0.15) is 11.2 Å². The molecule has 3 heterocycles. The Hall–Kier alpha value is -1.70. The molecule has 4 rings (SSSR count). The Labute approximate surface area is 143 Å². The zero-order chi connectivity index (χ0) is 15.1. The van der Waals surface area contributed by atoms with E-state index in [1.165, 1.54) is 0 Å². The van der Waals surface area contributed by atoms with Crippen molar-refractivity contribution in [3.8, 4) is 10.6 Å². The average molecular weight is 392 g/mol. The molecule has 0 unspecified atom stereocenters. The zero-order valence-electron chi connectivity index (χ0n) is 11.2. The molecular formula is C15H10BrN3OS2. The van der Waals surface area contributed by atoms with Gasteiger partial charge < -0.3 is 10.6 Å². The first-order chi connectivity index (χ1) is 10.7. The van der Waals surface area contributed by atoms with Gasteiger partial charge in [-0.05, 0) is 29.6 Å². The van der Waals surface area contributed by atoms with Crippen LogP contribution in [-0.2, 0) is 0 Å². The first-order valence-electron chi connectivity index (χ1n) is 6.55. The molecule has 3 aromatic rings. The van der Waals surface area contributed by atoms with Crippen LogP contribution in [0.1, 0.15) is 22.2 Å². The van der Waals surface area contributed by atoms with E-state index in [9.17, 15) is 4.79 Å². The van der Waals surface area contributed by atoms with E-state index >= 15 is 0 Å². The van der Waals surface area contributed by atoms with Crippen LogP contribution < -0.4 is 10.6 Å². The Morgan fingerprint density at radius 1 is 1.18 bits per heavy atom. The summed E-state index contributed by atoms with van der Waals surface area (Å²) in [5.74, 6) is -0.0925. The minimum absolute atomic E-state index is 0.0925. The van der Waals surface area contributed by atoms with Crippen molar-refractivity contribution >= 4 is 50.2 Å². The molecule has 0 spiro atoms. The third-order valence-corrected chi connectivity index (χ3v) is 5.47. The fourth-order valence-corrected chi connectivity index (χ4v) is 4.23. The predicted octanol–water partition coefficient (Wildman–Crippen LogP) is 4.49. The predicted molar refractivity (Wildman–Crippen MR) is 93.4 cm³/mol. The van der Waals surface area contributed by atoms with E-state index in [0.29, 0.717) is 5.56 Å². The lowest BCUT2D eigenvalue weighted by molar-refractivity contribution is 0.0935. The first kappa shape index (κ1) is 13.9. The Morgan fingerprint density at radius 3 is 2.91 bits per heavy atom. The Morgan fingerprint density at radius 2 is 2.09 bits per heavy atom. The van der Waals surface area contributed by atoms with Gasteiger partial charge in [0.2, 0.25) is 0 Å². The van der Waals surface area contributed by atoms with Gasteiger partial charge in [0.15, 0.2) is 0 Å². The normalized spacial score (nSPS) is 16.8. The monoisotopic (exact) mass is 391 g/mol. The molecule has 1 aliphatic heterocycles. The molecule has 1 atom stereocenters. The molecule has 2 N–H and O–H groups in total. The van der Waals surface area contributed by atoms with Gasteiger partial charge in [0.05, 0.1) is 11.3 Å². The fraction of sp³-hybridized carbons (Fsp3) is 0.0667. The number of thiophene rings is 1. The van der Waals surface area contributed by atoms with E-state index < -0.39 is 0 Å². The molecule has 7 heteroatoms. The van der Waals surface area contributed by atoms with Crippen molar-refractivity contribution < 1.29 is 4.79 Å². The smallest absolute Gasteiger partial charge is 0.255 e. The Kier molecular flexibility index (Phi) is 3.48. The van der Waals surface area contributed by atoms with Gasteiger partial charge in [0.25, 0.3) is 5.91 Å². The van der Waals surface area contributed by atoms with E-state index in [4.69, 9.17) is 0 Å². The van der Waals surface area contributed by atoms with E-state index in [1.54, 1.807) is 22.7 Å². The lowest BCUT2D eigenvalue weighted by Gasteiger charge is -2.26. The summed E-state index contributed by atoms with van der Waals surface area (Å²) in [6, 6.07) is 7.68. The number of benzene rings is 1. The number of thiazole rings is 1. The molecule has 0 saturated heterocycles. The molecule has 4 nitrogen and oxygen atoms in total. The van der Waals surface area contributed by atoms with Gasteiger partial charge in [-0.1, -0.05) is 15.9 Å². The lowest BCUT2D eigenvalue weighted by Crippen LogP contribution is -2.38. The fourth-order valence-electron chi connectivity index (χ4n) is 2.32. The van der Waals surface area contributed by atoms with Crippen LogP contribution >= 0.6 is 38.6 Å². The van der Waals surface area contributed by atoms with Gasteiger partial charge >= 0.3 is 0 Å². The SMILES string of the molecule is O=C1N[C@H](c2csc(-c3ccsc3)n2)Nc2ccc(Br)cc21. The standard InChI is InChI=1S/C15H10BrN3OS2/c16-9-1-2-11-10(5-9)14(20)19-13(17-11)12-7-22-15(18-12)8-3-4-21-6-8/h1-7,13,17H,(H,19,20)/t13-/m1/s1. The highest BCUT2D eigenvalue weighted by molar-refractivity contribution is 9.10. The molecule has 1 aliphatic rings. The van der Waals surface area contributed by atoms with Crippen molar-refractivity contribution in [1.29, 1.82) is 0 Å². The van der Waals surface area contributed by atoms with Crippen LogP contribution in [0.15, 0.2) is 44.9 Å². The maximum atomic E-state index is 12.3. The molecular weight excluding hydrogens is 382 g/mol. The molecule has 0 aliphatic carbocycles. The Bertz CT molecular complexity index is 844. The highest BCUT2D eigenvalue weighted by Gasteiger charge is 2.26. The quantitative estimate of drug-likeness (QED) is 0.676. The first-order valence-corrected chi connectivity index (χ1v) is 9.17. The third-order valence-electron chi connectivity index (χ3n) is 3.39. The number of hydrogen-bond donors (Lipinski definition) is 2. The van der Waals surface area contributed by atoms with Gasteiger partial charge in [-0.2, -0.15) is 11.3 Å². The van der Waals surface area contributed by atoms with Crippen LogP contribution in [0.4, 0.5) is 5.69 Å². The number of aromatic nitrogens is 1. The van der Waals surface area contributed by atoms with E-state index in [0.717, 1.165) is 26.4 Å². The second-order valence-electron chi connectivity index (χ2n) is 4.83. The minimum Gasteiger partial charge on any atom is -0.360 e. The van der Waals surface area contributed by atoms with Crippen LogP contribution in [0.3, 0.4) is 0 Å². The van der Waals surface area contributed by atoms with E-state index in [-0.39, 0.29) is 12.1 Å². The zero-order valence-corrected chi connectivity index (χ0v) is 14.4. The number of carbonyl (C=O) groups is 1. The highest BCUT2D eigenvalue weighted by atomic mass is 79.9. The molecule has 110 valence electrons. The van der Waals surface area contributed by atoms with Gasteiger partial charge in [-0.15, -0.1) is 11.3 Å². The summed E-state index contributed by atoms with van der Waals surface area (Å²) in [6.07, 6.45) is -0.301. The second kappa shape index (κ2) is 5.49. The minimum atomic E-state index is -0.301. The summed E-state index contributed by atoms with van der Waals surface area (Å²) in [5, 5.41) is 13.3. The number of nitrogens with zero attached hydrogens (tertiary/aromatic N) is 1. The number of hydrogen-bond acceptors (Lipinski definition) is 5. The summed E-state index contributed by atoms with van der Waals surface area (Å²) in [7, 11) is 0. The van der Waals surface area contributed by atoms with Crippen LogP contribution in [0, 0.1) is 0 Å². The highest BCUT2D eigenvalue weighted by Crippen LogP contribution is 2.32. The van der Waals surface area contributed by atoms with E-state index in [1.807, 2.05) is 35.0 Å². The van der Waals surface area contributed by atoms with Crippen LogP contribution in [0.5, 0.6) is 0 Å². The molecule has 22 heavy (non-hydrogen) atoms. The number of nitrogens with one attached hydrogen (secondary N) is 2. The summed E-state index contributed by atoms with van der Waals surface area (Å²) >= 11 is 6.62. The number of carbonyl (C=O) groups excluding carboxylic acids is 1. The largest absolute Gasteiger partial charge is 0.360 e. The molecule has 1 aromatic carbocycles. The molecule has 2 aromatic heterocycles. The molecule has 0 fully saturated rings. The number of amides is 1. The maximum absolute atomic E-state index is 12.3. The molecule has 0 radical (unpaired) electrons. The van der Waals surface area contributed by atoms with Gasteiger partial charge in [0, 0.05) is 26.5 Å². The second-order valence-corrected chi connectivity index (χ2v) is 7.38. The average Bonchev–Trinajstić information content (AvgIpc) is 3.18. The molecule has 0 saturated carbocycles. The van der Waals surface area contributed by atoms with Gasteiger partial charge in [-0.25, -0.2) is 4.98 Å². The summed E-state index contributed by atoms with van der Waals surface area (Å²) in [6.45, 7) is 0.